The Labute approximate surface area is 273 Å². The first-order valence-corrected chi connectivity index (χ1v) is 28.4. The monoisotopic (exact) mass is 674 g/mol. The predicted molar refractivity (Wildman–Crippen MR) is 197 cm³/mol. The molecule has 0 aliphatic carbocycles. The van der Waals surface area contributed by atoms with Crippen LogP contribution in [0.15, 0.2) is 12.7 Å². The normalized spacial score (nSPS) is 25.6. The van der Waals surface area contributed by atoms with Crippen LogP contribution in [0.25, 0.3) is 0 Å². The van der Waals surface area contributed by atoms with Gasteiger partial charge < -0.3 is 22.4 Å². The molecule has 1 aliphatic heterocycles. The van der Waals surface area contributed by atoms with Gasteiger partial charge in [0.2, 0.25) is 0 Å². The van der Waals surface area contributed by atoms with Gasteiger partial charge >= 0.3 is 0 Å². The van der Waals surface area contributed by atoms with Crippen molar-refractivity contribution in [3.8, 4) is 0 Å². The zero-order valence-corrected chi connectivity index (χ0v) is 36.3. The van der Waals surface area contributed by atoms with E-state index in [0.717, 1.165) is 6.42 Å². The van der Waals surface area contributed by atoms with Gasteiger partial charge in [0.25, 0.3) is 0 Å². The molecule has 0 bridgehead atoms. The van der Waals surface area contributed by atoms with E-state index in [2.05, 4.69) is 142 Å². The molecule has 1 aliphatic rings. The second kappa shape index (κ2) is 13.9. The predicted octanol–water partition coefficient (Wildman–Crippen LogP) is 10.9. The minimum Gasteiger partial charge on any atom is -0.417 e. The van der Waals surface area contributed by atoms with Gasteiger partial charge in [-0.25, -0.2) is 0 Å². The summed E-state index contributed by atoms with van der Waals surface area (Å²) in [5.74, 6) is 0. The lowest BCUT2D eigenvalue weighted by molar-refractivity contribution is -0.210. The van der Waals surface area contributed by atoms with Crippen molar-refractivity contribution < 1.29 is 22.4 Å². The van der Waals surface area contributed by atoms with Crippen LogP contribution in [-0.2, 0) is 22.4 Å². The fourth-order valence-electron chi connectivity index (χ4n) is 4.19. The highest BCUT2D eigenvalue weighted by Gasteiger charge is 2.56. The third kappa shape index (κ3) is 10.4. The second-order valence-corrected chi connectivity index (χ2v) is 38.2. The molecule has 0 aromatic rings. The first-order valence-electron chi connectivity index (χ1n) is 16.8. The molecule has 1 saturated heterocycles. The molecule has 0 radical (unpaired) electrons. The van der Waals surface area contributed by atoms with Crippen molar-refractivity contribution in [2.45, 2.75) is 199 Å². The fraction of sp³-hybridized carbons (Fsp3) is 0.941. The van der Waals surface area contributed by atoms with Gasteiger partial charge in [-0.05, 0) is 85.4 Å². The van der Waals surface area contributed by atoms with Crippen LogP contribution in [0, 0.1) is 0 Å². The van der Waals surface area contributed by atoms with Crippen LogP contribution in [0.4, 0.5) is 0 Å². The third-order valence-corrected chi connectivity index (χ3v) is 29.5. The Bertz CT molecular complexity index is 904. The highest BCUT2D eigenvalue weighted by atomic mass is 28.4. The van der Waals surface area contributed by atoms with Gasteiger partial charge in [-0.1, -0.05) is 89.2 Å². The van der Waals surface area contributed by atoms with Gasteiger partial charge in [-0.15, -0.1) is 6.58 Å². The highest BCUT2D eigenvalue weighted by molar-refractivity contribution is 6.75. The first kappa shape index (κ1) is 41.4. The zero-order chi connectivity index (χ0) is 34.3. The Morgan fingerprint density at radius 3 is 1.19 bits per heavy atom. The molecule has 0 aromatic heterocycles. The molecule has 1 heterocycles. The van der Waals surface area contributed by atoms with Gasteiger partial charge in [0.15, 0.2) is 33.3 Å². The topological polar surface area (TPSA) is 46.2 Å². The van der Waals surface area contributed by atoms with E-state index >= 15 is 0 Å². The van der Waals surface area contributed by atoms with Crippen molar-refractivity contribution >= 4 is 33.3 Å². The van der Waals surface area contributed by atoms with E-state index in [4.69, 9.17) is 22.4 Å². The summed E-state index contributed by atoms with van der Waals surface area (Å²) >= 11 is 0. The molecule has 5 atom stereocenters. The van der Waals surface area contributed by atoms with E-state index in [1.54, 1.807) is 0 Å². The SMILES string of the molecule is C=CC[C@H]1O[C@H](CCO[Si](C)(C)C(C)(C)C)C(O[Si](C)(C)C(C)(C)C)C(O[Si](C)(C)C(C)(C)C)C1O[Si](C)(C)C(C)(C)C. The summed E-state index contributed by atoms with van der Waals surface area (Å²) in [6, 6.07) is 0. The number of hydrogen-bond acceptors (Lipinski definition) is 5. The highest BCUT2D eigenvalue weighted by Crippen LogP contribution is 2.47. The van der Waals surface area contributed by atoms with Crippen LogP contribution in [0.5, 0.6) is 0 Å². The van der Waals surface area contributed by atoms with Crippen molar-refractivity contribution in [1.29, 1.82) is 0 Å². The van der Waals surface area contributed by atoms with Gasteiger partial charge in [-0.2, -0.15) is 0 Å². The minimum atomic E-state index is -2.22. The molecular formula is C34H74O5Si4. The molecule has 0 amide bonds. The Morgan fingerprint density at radius 1 is 0.535 bits per heavy atom. The minimum absolute atomic E-state index is 0.0449. The molecule has 1 fully saturated rings. The van der Waals surface area contributed by atoms with Crippen LogP contribution in [-0.4, -0.2) is 70.4 Å². The molecule has 43 heavy (non-hydrogen) atoms. The fourth-order valence-corrected chi connectivity index (χ4v) is 9.20. The van der Waals surface area contributed by atoms with Gasteiger partial charge in [0, 0.05) is 6.61 Å². The Balaban J connectivity index is 3.81. The standard InChI is InChI=1S/C34H74O5Si4/c1-22-23-26-28(37-41(16,17)32(5,6)7)30(39-43(20,21)34(11,12)13)29(38-42(18,19)33(8,9)10)27(36-26)24-25-35-40(14,15)31(2,3)4/h22,26-30H,1,23-25H2,2-21H3/t26-,27-,28?,29?,30?/m1/s1. The van der Waals surface area contributed by atoms with E-state index in [0.29, 0.717) is 13.0 Å². The van der Waals surface area contributed by atoms with Gasteiger partial charge in [0.1, 0.15) is 0 Å². The van der Waals surface area contributed by atoms with Crippen LogP contribution in [0.2, 0.25) is 72.5 Å². The maximum absolute atomic E-state index is 7.48. The largest absolute Gasteiger partial charge is 0.417 e. The van der Waals surface area contributed by atoms with Crippen LogP contribution >= 0.6 is 0 Å². The van der Waals surface area contributed by atoms with E-state index in [1.165, 1.54) is 0 Å². The van der Waals surface area contributed by atoms with E-state index in [1.807, 2.05) is 6.08 Å². The lowest BCUT2D eigenvalue weighted by Gasteiger charge is -2.55. The second-order valence-electron chi connectivity index (χ2n) is 19.2. The van der Waals surface area contributed by atoms with E-state index < -0.39 is 33.3 Å². The van der Waals surface area contributed by atoms with Gasteiger partial charge in [-0.3, -0.25) is 0 Å². The summed E-state index contributed by atoms with van der Waals surface area (Å²) in [5, 5.41) is 0.295. The smallest absolute Gasteiger partial charge is 0.192 e. The molecular weight excluding hydrogens is 601 g/mol. The third-order valence-electron chi connectivity index (χ3n) is 11.5. The van der Waals surface area contributed by atoms with Crippen LogP contribution in [0.1, 0.15) is 95.9 Å². The Morgan fingerprint density at radius 2 is 0.860 bits per heavy atom. The first-order chi connectivity index (χ1) is 18.8. The van der Waals surface area contributed by atoms with E-state index in [-0.39, 0.29) is 50.7 Å². The zero-order valence-electron chi connectivity index (χ0n) is 32.3. The molecule has 5 nitrogen and oxygen atoms in total. The Hall–Kier alpha value is 0.408. The lowest BCUT2D eigenvalue weighted by Crippen LogP contribution is -2.67. The molecule has 0 saturated carbocycles. The van der Waals surface area contributed by atoms with E-state index in [9.17, 15) is 0 Å². The van der Waals surface area contributed by atoms with Crippen LogP contribution < -0.4 is 0 Å². The molecule has 9 heteroatoms. The maximum atomic E-state index is 7.48. The lowest BCUT2D eigenvalue weighted by atomic mass is 9.92. The van der Waals surface area contributed by atoms with Crippen LogP contribution in [0.3, 0.4) is 0 Å². The average molecular weight is 675 g/mol. The van der Waals surface area contributed by atoms with Crippen molar-refractivity contribution in [3.05, 3.63) is 12.7 Å². The average Bonchev–Trinajstić information content (AvgIpc) is 2.75. The summed E-state index contributed by atoms with van der Waals surface area (Å²) in [4.78, 5) is 0. The summed E-state index contributed by atoms with van der Waals surface area (Å²) in [5.41, 5.74) is 0. The summed E-state index contributed by atoms with van der Waals surface area (Å²) < 4.78 is 36.0. The number of rotatable bonds is 12. The molecule has 0 spiro atoms. The van der Waals surface area contributed by atoms with Crippen molar-refractivity contribution in [3.63, 3.8) is 0 Å². The summed E-state index contributed by atoms with van der Waals surface area (Å²) in [6.07, 6.45) is 2.44. The summed E-state index contributed by atoms with van der Waals surface area (Å²) in [7, 11) is -8.53. The van der Waals surface area contributed by atoms with Crippen molar-refractivity contribution in [2.75, 3.05) is 6.61 Å². The van der Waals surface area contributed by atoms with Crippen molar-refractivity contribution in [2.24, 2.45) is 0 Å². The number of ether oxygens (including phenoxy) is 1. The molecule has 1 rings (SSSR count). The molecule has 0 N–H and O–H groups in total. The maximum Gasteiger partial charge on any atom is 0.192 e. The van der Waals surface area contributed by atoms with Gasteiger partial charge in [0.05, 0.1) is 30.5 Å². The quantitative estimate of drug-likeness (QED) is 0.152. The Kier molecular flexibility index (Phi) is 13.4. The molecule has 256 valence electrons. The summed E-state index contributed by atoms with van der Waals surface area (Å²) in [6.45, 7) is 51.2. The van der Waals surface area contributed by atoms with Crippen molar-refractivity contribution in [1.82, 2.24) is 0 Å². The molecule has 3 unspecified atom stereocenters. The molecule has 0 aromatic carbocycles. The number of hydrogen-bond donors (Lipinski definition) is 0.